The van der Waals surface area contributed by atoms with E-state index in [1.807, 2.05) is 12.1 Å². The number of hydrogen-bond acceptors (Lipinski definition) is 4. The van der Waals surface area contributed by atoms with E-state index in [4.69, 9.17) is 5.73 Å². The molecule has 0 radical (unpaired) electrons. The van der Waals surface area contributed by atoms with Crippen LogP contribution in [0.3, 0.4) is 0 Å². The van der Waals surface area contributed by atoms with E-state index in [1.165, 1.54) is 38.5 Å². The molecule has 1 aliphatic carbocycles. The number of nitrogens with zero attached hydrogens (tertiary/aromatic N) is 1. The number of nitrogens with two attached hydrogens (primary N) is 1. The van der Waals surface area contributed by atoms with Crippen LogP contribution in [-0.4, -0.2) is 23.5 Å². The van der Waals surface area contributed by atoms with Crippen molar-refractivity contribution in [3.05, 3.63) is 18.3 Å². The van der Waals surface area contributed by atoms with Crippen molar-refractivity contribution in [2.24, 2.45) is 5.73 Å². The Morgan fingerprint density at radius 2 is 2.00 bits per heavy atom. The SMILES string of the molecule is NCCC(=O)Nc1ccc(NC2CCCCCC2)nc1. The van der Waals surface area contributed by atoms with Gasteiger partial charge >= 0.3 is 0 Å². The minimum Gasteiger partial charge on any atom is -0.367 e. The van der Waals surface area contributed by atoms with Crippen LogP contribution in [0.1, 0.15) is 44.9 Å². The fraction of sp³-hybridized carbons (Fsp3) is 0.600. The predicted molar refractivity (Wildman–Crippen MR) is 81.7 cm³/mol. The molecule has 4 N–H and O–H groups in total. The van der Waals surface area contributed by atoms with Crippen LogP contribution in [0, 0.1) is 0 Å². The highest BCUT2D eigenvalue weighted by Crippen LogP contribution is 2.20. The van der Waals surface area contributed by atoms with E-state index in [-0.39, 0.29) is 5.91 Å². The summed E-state index contributed by atoms with van der Waals surface area (Å²) in [5, 5.41) is 6.26. The summed E-state index contributed by atoms with van der Waals surface area (Å²) in [6.07, 6.45) is 9.74. The third kappa shape index (κ3) is 4.81. The van der Waals surface area contributed by atoms with Crippen molar-refractivity contribution in [3.63, 3.8) is 0 Å². The van der Waals surface area contributed by atoms with Gasteiger partial charge in [-0.15, -0.1) is 0 Å². The molecule has 2 rings (SSSR count). The zero-order valence-corrected chi connectivity index (χ0v) is 11.9. The van der Waals surface area contributed by atoms with Gasteiger partial charge in [0.05, 0.1) is 11.9 Å². The van der Waals surface area contributed by atoms with E-state index in [0.717, 1.165) is 11.5 Å². The minimum absolute atomic E-state index is 0.0706. The van der Waals surface area contributed by atoms with Gasteiger partial charge in [0.2, 0.25) is 5.91 Å². The Hall–Kier alpha value is -1.62. The molecule has 0 spiro atoms. The van der Waals surface area contributed by atoms with E-state index in [9.17, 15) is 4.79 Å². The highest BCUT2D eigenvalue weighted by molar-refractivity contribution is 5.90. The van der Waals surface area contributed by atoms with Crippen molar-refractivity contribution in [1.29, 1.82) is 0 Å². The molecule has 1 heterocycles. The smallest absolute Gasteiger partial charge is 0.225 e. The monoisotopic (exact) mass is 276 g/mol. The second-order valence-electron chi connectivity index (χ2n) is 5.35. The number of carbonyl (C=O) groups is 1. The van der Waals surface area contributed by atoms with Gasteiger partial charge in [-0.05, 0) is 25.0 Å². The Bertz CT molecular complexity index is 410. The lowest BCUT2D eigenvalue weighted by molar-refractivity contribution is -0.116. The molecule has 1 amide bonds. The molecule has 1 fully saturated rings. The number of nitrogens with one attached hydrogen (secondary N) is 2. The number of amides is 1. The van der Waals surface area contributed by atoms with E-state index in [0.29, 0.717) is 19.0 Å². The molecular weight excluding hydrogens is 252 g/mol. The number of carbonyl (C=O) groups excluding carboxylic acids is 1. The highest BCUT2D eigenvalue weighted by Gasteiger charge is 2.12. The molecule has 5 heteroatoms. The number of anilines is 2. The summed E-state index contributed by atoms with van der Waals surface area (Å²) in [5.41, 5.74) is 6.06. The van der Waals surface area contributed by atoms with E-state index in [1.54, 1.807) is 6.20 Å². The molecule has 0 bridgehead atoms. The summed E-state index contributed by atoms with van der Waals surface area (Å²) in [6, 6.07) is 4.33. The van der Waals surface area contributed by atoms with Gasteiger partial charge in [-0.25, -0.2) is 4.98 Å². The lowest BCUT2D eigenvalue weighted by Crippen LogP contribution is -2.19. The van der Waals surface area contributed by atoms with Gasteiger partial charge in [0, 0.05) is 19.0 Å². The van der Waals surface area contributed by atoms with Gasteiger partial charge in [0.1, 0.15) is 5.82 Å². The van der Waals surface area contributed by atoms with Gasteiger partial charge in [-0.2, -0.15) is 0 Å². The zero-order chi connectivity index (χ0) is 14.2. The van der Waals surface area contributed by atoms with Crippen LogP contribution < -0.4 is 16.4 Å². The maximum absolute atomic E-state index is 11.4. The Balaban J connectivity index is 1.85. The van der Waals surface area contributed by atoms with Gasteiger partial charge in [0.15, 0.2) is 0 Å². The van der Waals surface area contributed by atoms with Crippen LogP contribution in [0.5, 0.6) is 0 Å². The Morgan fingerprint density at radius 1 is 1.25 bits per heavy atom. The van der Waals surface area contributed by atoms with Crippen molar-refractivity contribution in [1.82, 2.24) is 4.98 Å². The lowest BCUT2D eigenvalue weighted by Gasteiger charge is -2.17. The highest BCUT2D eigenvalue weighted by atomic mass is 16.1. The second kappa shape index (κ2) is 7.85. The van der Waals surface area contributed by atoms with E-state index in [2.05, 4.69) is 15.6 Å². The van der Waals surface area contributed by atoms with Gasteiger partial charge in [-0.3, -0.25) is 4.79 Å². The first-order valence-corrected chi connectivity index (χ1v) is 7.50. The molecule has 0 unspecified atom stereocenters. The molecule has 1 aliphatic rings. The third-order valence-corrected chi connectivity index (χ3v) is 3.63. The molecule has 0 saturated heterocycles. The van der Waals surface area contributed by atoms with Crippen molar-refractivity contribution in [2.75, 3.05) is 17.2 Å². The van der Waals surface area contributed by atoms with Crippen LogP contribution in [0.25, 0.3) is 0 Å². The molecule has 0 aliphatic heterocycles. The van der Waals surface area contributed by atoms with Crippen LogP contribution in [-0.2, 0) is 4.79 Å². The first-order valence-electron chi connectivity index (χ1n) is 7.50. The fourth-order valence-corrected chi connectivity index (χ4v) is 2.54. The molecule has 1 saturated carbocycles. The predicted octanol–water partition coefficient (Wildman–Crippen LogP) is 2.50. The maximum Gasteiger partial charge on any atom is 0.225 e. The summed E-state index contributed by atoms with van der Waals surface area (Å²) in [5.74, 6) is 0.813. The Kier molecular flexibility index (Phi) is 5.80. The minimum atomic E-state index is -0.0706. The normalized spacial score (nSPS) is 16.4. The number of aromatic nitrogens is 1. The van der Waals surface area contributed by atoms with Gasteiger partial charge < -0.3 is 16.4 Å². The average molecular weight is 276 g/mol. The van der Waals surface area contributed by atoms with Gasteiger partial charge in [0.25, 0.3) is 0 Å². The molecule has 1 aromatic heterocycles. The summed E-state index contributed by atoms with van der Waals surface area (Å²) in [6.45, 7) is 0.362. The Morgan fingerprint density at radius 3 is 2.60 bits per heavy atom. The first-order chi connectivity index (χ1) is 9.78. The number of pyridine rings is 1. The van der Waals surface area contributed by atoms with Crippen LogP contribution >= 0.6 is 0 Å². The molecular formula is C15H24N4O. The lowest BCUT2D eigenvalue weighted by atomic mass is 10.1. The van der Waals surface area contributed by atoms with Crippen molar-refractivity contribution < 1.29 is 4.79 Å². The number of rotatable bonds is 5. The molecule has 0 atom stereocenters. The summed E-state index contributed by atoms with van der Waals surface area (Å²) in [7, 11) is 0. The standard InChI is InChI=1S/C15H24N4O/c16-10-9-15(20)19-13-7-8-14(17-11-13)18-12-5-3-1-2-4-6-12/h7-8,11-12H,1-6,9-10,16H2,(H,17,18)(H,19,20). The third-order valence-electron chi connectivity index (χ3n) is 3.63. The maximum atomic E-state index is 11.4. The second-order valence-corrected chi connectivity index (χ2v) is 5.35. The summed E-state index contributed by atoms with van der Waals surface area (Å²) >= 11 is 0. The molecule has 5 nitrogen and oxygen atoms in total. The Labute approximate surface area is 120 Å². The molecule has 1 aromatic rings. The average Bonchev–Trinajstić information content (AvgIpc) is 2.70. The first kappa shape index (κ1) is 14.8. The van der Waals surface area contributed by atoms with Gasteiger partial charge in [-0.1, -0.05) is 25.7 Å². The quantitative estimate of drug-likeness (QED) is 0.722. The van der Waals surface area contributed by atoms with Crippen LogP contribution in [0.15, 0.2) is 18.3 Å². The molecule has 110 valence electrons. The number of hydrogen-bond donors (Lipinski definition) is 3. The van der Waals surface area contributed by atoms with Crippen LogP contribution in [0.4, 0.5) is 11.5 Å². The summed E-state index contributed by atoms with van der Waals surface area (Å²) in [4.78, 5) is 15.8. The topological polar surface area (TPSA) is 80.0 Å². The fourth-order valence-electron chi connectivity index (χ4n) is 2.54. The van der Waals surface area contributed by atoms with Crippen molar-refractivity contribution in [2.45, 2.75) is 51.0 Å². The molecule has 0 aromatic carbocycles. The molecule has 20 heavy (non-hydrogen) atoms. The largest absolute Gasteiger partial charge is 0.367 e. The van der Waals surface area contributed by atoms with Crippen LogP contribution in [0.2, 0.25) is 0 Å². The van der Waals surface area contributed by atoms with Crippen molar-refractivity contribution >= 4 is 17.4 Å². The van der Waals surface area contributed by atoms with Crippen molar-refractivity contribution in [3.8, 4) is 0 Å². The van der Waals surface area contributed by atoms with E-state index < -0.39 is 0 Å². The summed E-state index contributed by atoms with van der Waals surface area (Å²) < 4.78 is 0. The van der Waals surface area contributed by atoms with E-state index >= 15 is 0 Å². The zero-order valence-electron chi connectivity index (χ0n) is 11.9.